The molecule has 0 spiro atoms. The molecule has 100 valence electrons. The van der Waals surface area contributed by atoms with Crippen LogP contribution in [0.2, 0.25) is 0 Å². The van der Waals surface area contributed by atoms with E-state index in [0.29, 0.717) is 12.8 Å². The lowest BCUT2D eigenvalue weighted by Crippen LogP contribution is -2.06. The predicted octanol–water partition coefficient (Wildman–Crippen LogP) is 3.52. The summed E-state index contributed by atoms with van der Waals surface area (Å²) in [4.78, 5) is 12.1. The van der Waals surface area contributed by atoms with Crippen LogP contribution in [0.15, 0.2) is 60.8 Å². The van der Waals surface area contributed by atoms with E-state index in [4.69, 9.17) is 0 Å². The summed E-state index contributed by atoms with van der Waals surface area (Å²) in [6, 6.07) is 16.1. The highest BCUT2D eigenvalue weighted by atomic mass is 16.1. The molecule has 2 heteroatoms. The first-order valence-electron chi connectivity index (χ1n) is 6.83. The molecule has 0 fully saturated rings. The second-order valence-corrected chi connectivity index (χ2v) is 5.27. The molecule has 0 atom stereocenters. The number of carbonyl (C=O) groups excluding carboxylic acids is 1. The van der Waals surface area contributed by atoms with Gasteiger partial charge >= 0.3 is 0 Å². The van der Waals surface area contributed by atoms with Gasteiger partial charge in [0, 0.05) is 30.6 Å². The molecule has 1 N–H and O–H groups in total. The maximum Gasteiger partial charge on any atom is 0.141 e. The van der Waals surface area contributed by atoms with Crippen molar-refractivity contribution in [3.8, 4) is 0 Å². The lowest BCUT2D eigenvalue weighted by Gasteiger charge is -2.04. The van der Waals surface area contributed by atoms with Crippen LogP contribution in [0.3, 0.4) is 0 Å². The number of benzene rings is 2. The van der Waals surface area contributed by atoms with Crippen molar-refractivity contribution in [3.63, 3.8) is 0 Å². The van der Waals surface area contributed by atoms with E-state index in [1.165, 1.54) is 5.56 Å². The number of allylic oxidation sites excluding steroid dienone is 1. The minimum absolute atomic E-state index is 0.251. The van der Waals surface area contributed by atoms with Gasteiger partial charge in [0.15, 0.2) is 0 Å². The average Bonchev–Trinajstić information content (AvgIpc) is 2.79. The number of hydrogen-bond acceptors (Lipinski definition) is 2. The van der Waals surface area contributed by atoms with Crippen molar-refractivity contribution in [2.45, 2.75) is 19.3 Å². The molecule has 2 aromatic carbocycles. The third-order valence-corrected chi connectivity index (χ3v) is 3.53. The van der Waals surface area contributed by atoms with Gasteiger partial charge in [-0.1, -0.05) is 49.0 Å². The Bertz CT molecular complexity index is 658. The number of carbonyl (C=O) groups is 1. The standard InChI is InChI=1S/C18H17NO/c1-13-9-16-10-15(7-8-18(16)19-13)12-17(20)11-14-5-3-2-4-6-14/h2-8,10,19H,1,9,11-12H2. The van der Waals surface area contributed by atoms with Gasteiger partial charge in [-0.05, 0) is 22.8 Å². The van der Waals surface area contributed by atoms with Crippen LogP contribution < -0.4 is 5.32 Å². The largest absolute Gasteiger partial charge is 0.359 e. The lowest BCUT2D eigenvalue weighted by atomic mass is 10.0. The molecule has 0 unspecified atom stereocenters. The molecule has 1 aliphatic rings. The first kappa shape index (κ1) is 12.7. The smallest absolute Gasteiger partial charge is 0.141 e. The molecule has 0 amide bonds. The van der Waals surface area contributed by atoms with Crippen LogP contribution >= 0.6 is 0 Å². The summed E-state index contributed by atoms with van der Waals surface area (Å²) in [7, 11) is 0. The fraction of sp³-hybridized carbons (Fsp3) is 0.167. The maximum atomic E-state index is 12.1. The number of nitrogens with one attached hydrogen (secondary N) is 1. The second kappa shape index (κ2) is 5.33. The fourth-order valence-electron chi connectivity index (χ4n) is 2.60. The van der Waals surface area contributed by atoms with Gasteiger partial charge in [0.1, 0.15) is 5.78 Å². The van der Waals surface area contributed by atoms with Crippen LogP contribution in [0.25, 0.3) is 0 Å². The summed E-state index contributed by atoms with van der Waals surface area (Å²) in [5.41, 5.74) is 5.54. The molecule has 0 saturated heterocycles. The number of fused-ring (bicyclic) bond motifs is 1. The third kappa shape index (κ3) is 2.80. The molecule has 1 heterocycles. The Balaban J connectivity index is 1.68. The monoisotopic (exact) mass is 263 g/mol. The Hall–Kier alpha value is -2.35. The number of hydrogen-bond donors (Lipinski definition) is 1. The molecule has 0 bridgehead atoms. The van der Waals surface area contributed by atoms with E-state index in [0.717, 1.165) is 28.9 Å². The minimum atomic E-state index is 0.251. The zero-order valence-corrected chi connectivity index (χ0v) is 11.4. The molecule has 0 radical (unpaired) electrons. The van der Waals surface area contributed by atoms with Gasteiger partial charge in [-0.2, -0.15) is 0 Å². The zero-order chi connectivity index (χ0) is 13.9. The zero-order valence-electron chi connectivity index (χ0n) is 11.4. The summed E-state index contributed by atoms with van der Waals surface area (Å²) >= 11 is 0. The summed E-state index contributed by atoms with van der Waals surface area (Å²) < 4.78 is 0. The summed E-state index contributed by atoms with van der Waals surface area (Å²) in [5, 5.41) is 3.24. The van der Waals surface area contributed by atoms with Gasteiger partial charge in [0.05, 0.1) is 0 Å². The van der Waals surface area contributed by atoms with Crippen molar-refractivity contribution in [3.05, 3.63) is 77.5 Å². The summed E-state index contributed by atoms with van der Waals surface area (Å²) in [5.74, 6) is 0.251. The van der Waals surface area contributed by atoms with E-state index in [-0.39, 0.29) is 5.78 Å². The number of Topliss-reactive ketones (excluding diaryl/α,β-unsaturated/α-hetero) is 1. The molecule has 0 aromatic heterocycles. The summed E-state index contributed by atoms with van der Waals surface area (Å²) in [6.07, 6.45) is 1.85. The van der Waals surface area contributed by atoms with Crippen molar-refractivity contribution in [1.82, 2.24) is 0 Å². The Labute approximate surface area is 119 Å². The van der Waals surface area contributed by atoms with E-state index >= 15 is 0 Å². The first-order chi connectivity index (χ1) is 9.70. The summed E-state index contributed by atoms with van der Waals surface area (Å²) in [6.45, 7) is 3.94. The van der Waals surface area contributed by atoms with Crippen LogP contribution in [0.4, 0.5) is 5.69 Å². The van der Waals surface area contributed by atoms with E-state index < -0.39 is 0 Å². The Morgan fingerprint density at radius 3 is 2.60 bits per heavy atom. The highest BCUT2D eigenvalue weighted by Crippen LogP contribution is 2.28. The van der Waals surface area contributed by atoms with E-state index in [1.807, 2.05) is 42.5 Å². The molecular formula is C18H17NO. The Morgan fingerprint density at radius 2 is 1.80 bits per heavy atom. The van der Waals surface area contributed by atoms with E-state index in [2.05, 4.69) is 18.0 Å². The van der Waals surface area contributed by atoms with Crippen molar-refractivity contribution in [2.75, 3.05) is 5.32 Å². The molecule has 3 rings (SSSR count). The Morgan fingerprint density at radius 1 is 1.05 bits per heavy atom. The van der Waals surface area contributed by atoms with Gasteiger partial charge in [0.2, 0.25) is 0 Å². The van der Waals surface area contributed by atoms with Crippen LogP contribution in [0, 0.1) is 0 Å². The fourth-order valence-corrected chi connectivity index (χ4v) is 2.60. The Kier molecular flexibility index (Phi) is 3.38. The lowest BCUT2D eigenvalue weighted by molar-refractivity contribution is -0.117. The van der Waals surface area contributed by atoms with Crippen LogP contribution in [-0.4, -0.2) is 5.78 Å². The van der Waals surface area contributed by atoms with Crippen LogP contribution in [0.1, 0.15) is 16.7 Å². The van der Waals surface area contributed by atoms with Gasteiger partial charge in [-0.25, -0.2) is 0 Å². The van der Waals surface area contributed by atoms with Crippen molar-refractivity contribution >= 4 is 11.5 Å². The maximum absolute atomic E-state index is 12.1. The predicted molar refractivity (Wildman–Crippen MR) is 81.8 cm³/mol. The number of ketones is 1. The number of rotatable bonds is 4. The minimum Gasteiger partial charge on any atom is -0.359 e. The van der Waals surface area contributed by atoms with Gasteiger partial charge in [-0.3, -0.25) is 4.79 Å². The molecule has 2 aromatic rings. The topological polar surface area (TPSA) is 29.1 Å². The average molecular weight is 263 g/mol. The highest BCUT2D eigenvalue weighted by Gasteiger charge is 2.14. The van der Waals surface area contributed by atoms with E-state index in [9.17, 15) is 4.79 Å². The molecular weight excluding hydrogens is 246 g/mol. The van der Waals surface area contributed by atoms with Crippen LogP contribution in [0.5, 0.6) is 0 Å². The molecule has 2 nitrogen and oxygen atoms in total. The molecule has 20 heavy (non-hydrogen) atoms. The third-order valence-electron chi connectivity index (χ3n) is 3.53. The highest BCUT2D eigenvalue weighted by molar-refractivity contribution is 5.83. The second-order valence-electron chi connectivity index (χ2n) is 5.27. The molecule has 1 aliphatic heterocycles. The molecule has 0 aliphatic carbocycles. The van der Waals surface area contributed by atoms with Gasteiger partial charge in [-0.15, -0.1) is 0 Å². The van der Waals surface area contributed by atoms with Crippen molar-refractivity contribution in [1.29, 1.82) is 0 Å². The molecule has 0 saturated carbocycles. The van der Waals surface area contributed by atoms with Crippen molar-refractivity contribution < 1.29 is 4.79 Å². The van der Waals surface area contributed by atoms with Gasteiger partial charge < -0.3 is 5.32 Å². The van der Waals surface area contributed by atoms with Gasteiger partial charge in [0.25, 0.3) is 0 Å². The van der Waals surface area contributed by atoms with Crippen LogP contribution in [-0.2, 0) is 24.1 Å². The number of anilines is 1. The normalized spacial score (nSPS) is 12.9. The first-order valence-corrected chi connectivity index (χ1v) is 6.83. The SMILES string of the molecule is C=C1Cc2cc(CC(=O)Cc3ccccc3)ccc2N1. The quantitative estimate of drug-likeness (QED) is 0.914. The van der Waals surface area contributed by atoms with Crippen molar-refractivity contribution in [2.24, 2.45) is 0 Å². The van der Waals surface area contributed by atoms with E-state index in [1.54, 1.807) is 0 Å².